The number of carbonyl (C=O) groups excluding carboxylic acids is 3. The van der Waals surface area contributed by atoms with Gasteiger partial charge in [0.25, 0.3) is 0 Å². The maximum absolute atomic E-state index is 15.1. The van der Waals surface area contributed by atoms with Crippen molar-refractivity contribution in [2.24, 2.45) is 5.92 Å². The fourth-order valence-corrected chi connectivity index (χ4v) is 6.58. The fourth-order valence-electron chi connectivity index (χ4n) is 6.58. The molecule has 1 aliphatic carbocycles. The molecular weight excluding hydrogens is 644 g/mol. The van der Waals surface area contributed by atoms with E-state index >= 15 is 4.79 Å². The summed E-state index contributed by atoms with van der Waals surface area (Å²) >= 11 is 0. The van der Waals surface area contributed by atoms with Crippen LogP contribution in [-0.4, -0.2) is 56.2 Å². The highest BCUT2D eigenvalue weighted by atomic mass is 16.7. The topological polar surface area (TPSA) is 136 Å². The highest BCUT2D eigenvalue weighted by Gasteiger charge is 2.44. The molecule has 50 heavy (non-hydrogen) atoms. The van der Waals surface area contributed by atoms with Crippen LogP contribution in [0.5, 0.6) is 34.5 Å². The van der Waals surface area contributed by atoms with Crippen LogP contribution in [0, 0.1) is 5.92 Å². The molecule has 11 heteroatoms. The number of hydrogen-bond donors (Lipinski definition) is 1. The molecule has 0 aromatic heterocycles. The predicted molar refractivity (Wildman–Crippen MR) is 184 cm³/mol. The normalized spacial score (nSPS) is 19.0. The zero-order chi connectivity index (χ0) is 36.2. The first-order chi connectivity index (χ1) is 23.8. The van der Waals surface area contributed by atoms with Crippen LogP contribution in [0.2, 0.25) is 0 Å². The number of Topliss-reactive ketones (excluding diaryl/α,β-unsaturated/α-hetero) is 1. The lowest BCUT2D eigenvalue weighted by Crippen LogP contribution is -2.33. The van der Waals surface area contributed by atoms with E-state index in [-0.39, 0.29) is 42.2 Å². The average Bonchev–Trinajstić information content (AvgIpc) is 3.05. The van der Waals surface area contributed by atoms with Crippen molar-refractivity contribution in [3.63, 3.8) is 0 Å². The van der Waals surface area contributed by atoms with Gasteiger partial charge < -0.3 is 38.3 Å². The van der Waals surface area contributed by atoms with Crippen LogP contribution in [0.15, 0.2) is 66.3 Å². The highest BCUT2D eigenvalue weighted by molar-refractivity contribution is 6.03. The summed E-state index contributed by atoms with van der Waals surface area (Å²) in [4.78, 5) is 39.3. The second-order valence-corrected chi connectivity index (χ2v) is 12.8. The third-order valence-electron chi connectivity index (χ3n) is 8.52. The van der Waals surface area contributed by atoms with Crippen LogP contribution in [0.1, 0.15) is 79.9 Å². The Labute approximate surface area is 291 Å². The van der Waals surface area contributed by atoms with E-state index in [0.717, 1.165) is 5.57 Å². The van der Waals surface area contributed by atoms with Gasteiger partial charge >= 0.3 is 11.9 Å². The van der Waals surface area contributed by atoms with Gasteiger partial charge in [-0.2, -0.15) is 0 Å². The number of allylic oxidation sites excluding steroid dienone is 2. The zero-order valence-corrected chi connectivity index (χ0v) is 29.2. The standard InChI is InChI=1S/C39H42O11/c1-22-17-29(26-12-11-25(48-23(2)40)19-34(26)49-24(3)41)35(38(43)28-13-14-31-27(37(28)42)15-16-39(4,5)50-31)30(18-22)36-32(46-20-44-6)9-8-10-33(36)47-21-45-7/h8-16,18-19,29-30,35,42H,17,20-21H2,1-7H3/t29-,30?,35-/m0/s1. The van der Waals surface area contributed by atoms with Gasteiger partial charge in [0.15, 0.2) is 19.4 Å². The molecular formula is C39H42O11. The molecule has 1 unspecified atom stereocenters. The molecule has 2 aliphatic rings. The maximum atomic E-state index is 15.1. The fraction of sp³-hybridized carbons (Fsp3) is 0.359. The Kier molecular flexibility index (Phi) is 11.0. The number of hydrogen-bond acceptors (Lipinski definition) is 11. The molecule has 3 atom stereocenters. The summed E-state index contributed by atoms with van der Waals surface area (Å²) in [5, 5.41) is 11.6. The minimum Gasteiger partial charge on any atom is -0.506 e. The van der Waals surface area contributed by atoms with Crippen molar-refractivity contribution < 1.29 is 52.6 Å². The number of rotatable bonds is 12. The minimum atomic E-state index is -0.904. The Balaban J connectivity index is 1.75. The smallest absolute Gasteiger partial charge is 0.308 e. The molecule has 1 heterocycles. The van der Waals surface area contributed by atoms with Gasteiger partial charge in [0.2, 0.25) is 0 Å². The predicted octanol–water partition coefficient (Wildman–Crippen LogP) is 7.11. The van der Waals surface area contributed by atoms with Crippen LogP contribution in [0.4, 0.5) is 0 Å². The van der Waals surface area contributed by atoms with Crippen molar-refractivity contribution in [2.45, 2.75) is 58.5 Å². The summed E-state index contributed by atoms with van der Waals surface area (Å²) in [5.74, 6) is -2.31. The first-order valence-corrected chi connectivity index (χ1v) is 16.2. The van der Waals surface area contributed by atoms with E-state index in [2.05, 4.69) is 0 Å². The van der Waals surface area contributed by atoms with Gasteiger partial charge in [-0.3, -0.25) is 14.4 Å². The van der Waals surface area contributed by atoms with Gasteiger partial charge in [0.1, 0.15) is 40.1 Å². The SMILES string of the molecule is COCOc1cccc(OCOC)c1C1C=C(C)C[C@@H](c2ccc(OC(C)=O)cc2OC(C)=O)[C@@H]1C(=O)c1ccc2c(c1O)C=CC(C)(C)O2. The number of ether oxygens (including phenoxy) is 7. The molecule has 0 saturated carbocycles. The van der Waals surface area contributed by atoms with Gasteiger partial charge in [-0.25, -0.2) is 0 Å². The Morgan fingerprint density at radius 3 is 2.18 bits per heavy atom. The summed E-state index contributed by atoms with van der Waals surface area (Å²) in [7, 11) is 3.01. The lowest BCUT2D eigenvalue weighted by Gasteiger charge is -2.38. The van der Waals surface area contributed by atoms with E-state index in [0.29, 0.717) is 40.4 Å². The second kappa shape index (κ2) is 15.2. The lowest BCUT2D eigenvalue weighted by atomic mass is 9.65. The monoisotopic (exact) mass is 686 g/mol. The van der Waals surface area contributed by atoms with Gasteiger partial charge in [-0.15, -0.1) is 0 Å². The Morgan fingerprint density at radius 1 is 0.900 bits per heavy atom. The summed E-state index contributed by atoms with van der Waals surface area (Å²) < 4.78 is 39.6. The number of benzene rings is 3. The largest absolute Gasteiger partial charge is 0.506 e. The molecule has 264 valence electrons. The molecule has 0 fully saturated rings. The van der Waals surface area contributed by atoms with Crippen molar-refractivity contribution in [3.8, 4) is 34.5 Å². The first kappa shape index (κ1) is 36.2. The van der Waals surface area contributed by atoms with E-state index in [4.69, 9.17) is 33.2 Å². The quantitative estimate of drug-likeness (QED) is 0.0686. The second-order valence-electron chi connectivity index (χ2n) is 12.8. The molecule has 1 N–H and O–H groups in total. The van der Waals surface area contributed by atoms with Gasteiger partial charge in [0, 0.05) is 57.5 Å². The molecule has 3 aromatic carbocycles. The average molecular weight is 687 g/mol. The number of phenols is 1. The van der Waals surface area contributed by atoms with Gasteiger partial charge in [-0.1, -0.05) is 23.8 Å². The van der Waals surface area contributed by atoms with Crippen LogP contribution in [0.25, 0.3) is 6.08 Å². The molecule has 0 bridgehead atoms. The number of fused-ring (bicyclic) bond motifs is 1. The summed E-state index contributed by atoms with van der Waals surface area (Å²) in [5.41, 5.74) is 1.92. The van der Waals surface area contributed by atoms with Crippen molar-refractivity contribution in [1.29, 1.82) is 0 Å². The van der Waals surface area contributed by atoms with Crippen LogP contribution in [-0.2, 0) is 19.1 Å². The zero-order valence-electron chi connectivity index (χ0n) is 29.2. The van der Waals surface area contributed by atoms with Crippen LogP contribution >= 0.6 is 0 Å². The summed E-state index contributed by atoms with van der Waals surface area (Å²) in [6, 6.07) is 13.3. The van der Waals surface area contributed by atoms with E-state index < -0.39 is 35.3 Å². The Bertz CT molecular complexity index is 1810. The number of esters is 2. The van der Waals surface area contributed by atoms with E-state index in [9.17, 15) is 14.7 Å². The number of phenolic OH excluding ortho intramolecular Hbond substituents is 1. The van der Waals surface area contributed by atoms with Crippen LogP contribution in [0.3, 0.4) is 0 Å². The maximum Gasteiger partial charge on any atom is 0.308 e. The van der Waals surface area contributed by atoms with Crippen molar-refractivity contribution in [2.75, 3.05) is 27.8 Å². The third kappa shape index (κ3) is 7.85. The Hall–Kier alpha value is -5.13. The third-order valence-corrected chi connectivity index (χ3v) is 8.52. The van der Waals surface area contributed by atoms with Crippen molar-refractivity contribution in [3.05, 3.63) is 88.5 Å². The van der Waals surface area contributed by atoms with Crippen molar-refractivity contribution in [1.82, 2.24) is 0 Å². The first-order valence-electron chi connectivity index (χ1n) is 16.2. The van der Waals surface area contributed by atoms with Crippen molar-refractivity contribution >= 4 is 23.8 Å². The van der Waals surface area contributed by atoms with Crippen LogP contribution < -0.4 is 23.7 Å². The van der Waals surface area contributed by atoms with E-state index in [1.807, 2.05) is 32.9 Å². The van der Waals surface area contributed by atoms with Gasteiger partial charge in [-0.05, 0) is 75.2 Å². The minimum absolute atomic E-state index is 0.0688. The number of methoxy groups -OCH3 is 2. The molecule has 0 spiro atoms. The highest BCUT2D eigenvalue weighted by Crippen LogP contribution is 2.53. The number of ketones is 1. The van der Waals surface area contributed by atoms with E-state index in [1.54, 1.807) is 48.5 Å². The molecule has 1 aliphatic heterocycles. The molecule has 11 nitrogen and oxygen atoms in total. The summed E-state index contributed by atoms with van der Waals surface area (Å²) in [6.45, 7) is 8.15. The molecule has 0 saturated heterocycles. The molecule has 0 amide bonds. The Morgan fingerprint density at radius 2 is 1.56 bits per heavy atom. The molecule has 5 rings (SSSR count). The van der Waals surface area contributed by atoms with E-state index in [1.165, 1.54) is 34.1 Å². The van der Waals surface area contributed by atoms with Gasteiger partial charge in [0.05, 0.1) is 11.1 Å². The molecule has 3 aromatic rings. The lowest BCUT2D eigenvalue weighted by molar-refractivity contribution is -0.132. The summed E-state index contributed by atoms with van der Waals surface area (Å²) in [6.07, 6.45) is 5.96. The molecule has 0 radical (unpaired) electrons. The number of carbonyl (C=O) groups is 3. The number of aromatic hydroxyl groups is 1.